The highest BCUT2D eigenvalue weighted by Gasteiger charge is 2.14. The Bertz CT molecular complexity index is 519. The minimum Gasteiger partial charge on any atom is -0.496 e. The molecule has 2 aromatic rings. The first-order chi connectivity index (χ1) is 8.13. The van der Waals surface area contributed by atoms with Gasteiger partial charge >= 0.3 is 0 Å². The molecule has 2 rings (SSSR count). The second kappa shape index (κ2) is 4.45. The van der Waals surface area contributed by atoms with E-state index in [-0.39, 0.29) is 6.04 Å². The second-order valence-corrected chi connectivity index (χ2v) is 4.03. The Morgan fingerprint density at radius 3 is 2.59 bits per heavy atom. The monoisotopic (exact) mass is 232 g/mol. The number of nitrogens with two attached hydrogens (primary N) is 1. The average Bonchev–Trinajstić information content (AvgIpc) is 2.71. The van der Waals surface area contributed by atoms with Gasteiger partial charge in [0.15, 0.2) is 5.82 Å². The highest BCUT2D eigenvalue weighted by Crippen LogP contribution is 2.28. The Kier molecular flexibility index (Phi) is 2.99. The fourth-order valence-corrected chi connectivity index (χ4v) is 1.66. The summed E-state index contributed by atoms with van der Waals surface area (Å²) >= 11 is 0. The van der Waals surface area contributed by atoms with Crippen molar-refractivity contribution in [3.63, 3.8) is 0 Å². The summed E-state index contributed by atoms with van der Waals surface area (Å²) in [5, 5.41) is 4.39. The molecule has 0 unspecified atom stereocenters. The molecule has 5 nitrogen and oxygen atoms in total. The Labute approximate surface area is 100 Å². The second-order valence-electron chi connectivity index (χ2n) is 4.03. The van der Waals surface area contributed by atoms with Crippen molar-refractivity contribution in [3.8, 4) is 17.1 Å². The van der Waals surface area contributed by atoms with Gasteiger partial charge in [-0.25, -0.2) is 4.68 Å². The highest BCUT2D eigenvalue weighted by atomic mass is 16.5. The first-order valence-corrected chi connectivity index (χ1v) is 5.49. The average molecular weight is 232 g/mol. The number of para-hydroxylation sites is 1. The molecule has 2 N–H and O–H groups in total. The summed E-state index contributed by atoms with van der Waals surface area (Å²) in [5.74, 6) is 1.75. The van der Waals surface area contributed by atoms with Crippen LogP contribution in [0.2, 0.25) is 0 Å². The van der Waals surface area contributed by atoms with Gasteiger partial charge in [0.1, 0.15) is 5.75 Å². The van der Waals surface area contributed by atoms with Crippen LogP contribution in [-0.4, -0.2) is 21.9 Å². The molecule has 0 aliphatic rings. The summed E-state index contributed by atoms with van der Waals surface area (Å²) in [6.45, 7) is 4.02. The maximum absolute atomic E-state index is 5.82. The van der Waals surface area contributed by atoms with Crippen LogP contribution in [0, 0.1) is 0 Å². The maximum Gasteiger partial charge on any atom is 0.219 e. The standard InChI is InChI=1S/C12H16N4O/c1-8(2)16-12(13)14-11(15-16)9-6-4-5-7-10(9)17-3/h4-8H,1-3H3,(H2,13,14,15). The lowest BCUT2D eigenvalue weighted by Crippen LogP contribution is -2.07. The Morgan fingerprint density at radius 1 is 1.29 bits per heavy atom. The van der Waals surface area contributed by atoms with E-state index in [4.69, 9.17) is 10.5 Å². The molecule has 0 bridgehead atoms. The topological polar surface area (TPSA) is 66.0 Å². The van der Waals surface area contributed by atoms with Gasteiger partial charge in [0, 0.05) is 0 Å². The molecule has 1 heterocycles. The first kappa shape index (κ1) is 11.4. The van der Waals surface area contributed by atoms with Crippen LogP contribution in [0.25, 0.3) is 11.4 Å². The number of benzene rings is 1. The van der Waals surface area contributed by atoms with Crippen molar-refractivity contribution >= 4 is 5.95 Å². The van der Waals surface area contributed by atoms with E-state index in [0.717, 1.165) is 11.3 Å². The minimum atomic E-state index is 0.186. The number of hydrogen-bond acceptors (Lipinski definition) is 4. The number of methoxy groups -OCH3 is 1. The first-order valence-electron chi connectivity index (χ1n) is 5.49. The summed E-state index contributed by atoms with van der Waals surface area (Å²) in [6, 6.07) is 7.81. The molecule has 90 valence electrons. The van der Waals surface area contributed by atoms with Gasteiger partial charge in [-0.2, -0.15) is 4.98 Å². The van der Waals surface area contributed by atoms with E-state index < -0.39 is 0 Å². The van der Waals surface area contributed by atoms with E-state index >= 15 is 0 Å². The molecule has 5 heteroatoms. The predicted octanol–water partition coefficient (Wildman–Crippen LogP) is 2.12. The van der Waals surface area contributed by atoms with Gasteiger partial charge < -0.3 is 10.5 Å². The van der Waals surface area contributed by atoms with Crippen molar-refractivity contribution in [1.29, 1.82) is 0 Å². The lowest BCUT2D eigenvalue weighted by Gasteiger charge is -2.05. The van der Waals surface area contributed by atoms with E-state index in [0.29, 0.717) is 11.8 Å². The smallest absolute Gasteiger partial charge is 0.219 e. The molecule has 0 spiro atoms. The SMILES string of the molecule is COc1ccccc1-c1nc(N)n(C(C)C)n1. The maximum atomic E-state index is 5.82. The summed E-state index contributed by atoms with van der Waals surface area (Å²) in [4.78, 5) is 4.26. The van der Waals surface area contributed by atoms with Gasteiger partial charge in [0.05, 0.1) is 18.7 Å². The van der Waals surface area contributed by atoms with Crippen LogP contribution in [0.4, 0.5) is 5.95 Å². The Hall–Kier alpha value is -2.04. The van der Waals surface area contributed by atoms with E-state index in [1.54, 1.807) is 11.8 Å². The third kappa shape index (κ3) is 2.08. The Morgan fingerprint density at radius 2 is 2.00 bits per heavy atom. The number of anilines is 1. The Balaban J connectivity index is 2.50. The van der Waals surface area contributed by atoms with Crippen molar-refractivity contribution in [1.82, 2.24) is 14.8 Å². The number of nitrogen functional groups attached to an aromatic ring is 1. The summed E-state index contributed by atoms with van der Waals surface area (Å²) in [7, 11) is 1.63. The van der Waals surface area contributed by atoms with E-state index in [9.17, 15) is 0 Å². The number of rotatable bonds is 3. The molecule has 0 fully saturated rings. The van der Waals surface area contributed by atoms with Crippen molar-refractivity contribution in [2.24, 2.45) is 0 Å². The predicted molar refractivity (Wildman–Crippen MR) is 66.8 cm³/mol. The molecule has 0 aliphatic heterocycles. The van der Waals surface area contributed by atoms with Crippen LogP contribution in [0.15, 0.2) is 24.3 Å². The van der Waals surface area contributed by atoms with Crippen molar-refractivity contribution < 1.29 is 4.74 Å². The zero-order valence-corrected chi connectivity index (χ0v) is 10.2. The molecule has 0 atom stereocenters. The molecule has 1 aromatic carbocycles. The molecule has 0 aliphatic carbocycles. The van der Waals surface area contributed by atoms with Crippen LogP contribution >= 0.6 is 0 Å². The quantitative estimate of drug-likeness (QED) is 0.880. The molecule has 0 radical (unpaired) electrons. The van der Waals surface area contributed by atoms with E-state index in [1.807, 2.05) is 38.1 Å². The van der Waals surface area contributed by atoms with Gasteiger partial charge in [-0.1, -0.05) is 12.1 Å². The van der Waals surface area contributed by atoms with Crippen molar-refractivity contribution in [3.05, 3.63) is 24.3 Å². The highest BCUT2D eigenvalue weighted by molar-refractivity contribution is 5.64. The van der Waals surface area contributed by atoms with Gasteiger partial charge in [-0.3, -0.25) is 0 Å². The number of nitrogens with zero attached hydrogens (tertiary/aromatic N) is 3. The van der Waals surface area contributed by atoms with Gasteiger partial charge in [0.2, 0.25) is 5.95 Å². The van der Waals surface area contributed by atoms with Crippen LogP contribution in [0.3, 0.4) is 0 Å². The minimum absolute atomic E-state index is 0.186. The van der Waals surface area contributed by atoms with Crippen molar-refractivity contribution in [2.45, 2.75) is 19.9 Å². The van der Waals surface area contributed by atoms with Gasteiger partial charge in [-0.05, 0) is 26.0 Å². The zero-order valence-electron chi connectivity index (χ0n) is 10.2. The summed E-state index contributed by atoms with van der Waals surface area (Å²) in [5.41, 5.74) is 6.67. The number of hydrogen-bond donors (Lipinski definition) is 1. The molecule has 0 saturated carbocycles. The summed E-state index contributed by atoms with van der Waals surface area (Å²) < 4.78 is 6.98. The lowest BCUT2D eigenvalue weighted by atomic mass is 10.2. The zero-order chi connectivity index (χ0) is 12.4. The fraction of sp³-hybridized carbons (Fsp3) is 0.333. The fourth-order valence-electron chi connectivity index (χ4n) is 1.66. The van der Waals surface area contributed by atoms with Crippen molar-refractivity contribution in [2.75, 3.05) is 12.8 Å². The van der Waals surface area contributed by atoms with Crippen LogP contribution in [-0.2, 0) is 0 Å². The number of ether oxygens (including phenoxy) is 1. The molecule has 0 amide bonds. The number of aromatic nitrogens is 3. The molecule has 17 heavy (non-hydrogen) atoms. The van der Waals surface area contributed by atoms with Gasteiger partial charge in [0.25, 0.3) is 0 Å². The van der Waals surface area contributed by atoms with E-state index in [2.05, 4.69) is 10.1 Å². The summed E-state index contributed by atoms with van der Waals surface area (Å²) in [6.07, 6.45) is 0. The molecular formula is C12H16N4O. The van der Waals surface area contributed by atoms with Crippen LogP contribution in [0.5, 0.6) is 5.75 Å². The molecule has 0 saturated heterocycles. The van der Waals surface area contributed by atoms with Gasteiger partial charge in [-0.15, -0.1) is 5.10 Å². The third-order valence-electron chi connectivity index (χ3n) is 2.49. The largest absolute Gasteiger partial charge is 0.496 e. The molecule has 1 aromatic heterocycles. The molecular weight excluding hydrogens is 216 g/mol. The normalized spacial score (nSPS) is 10.8. The van der Waals surface area contributed by atoms with E-state index in [1.165, 1.54) is 0 Å². The third-order valence-corrected chi connectivity index (χ3v) is 2.49. The lowest BCUT2D eigenvalue weighted by molar-refractivity contribution is 0.416. The van der Waals surface area contributed by atoms with Crippen LogP contribution < -0.4 is 10.5 Å². The van der Waals surface area contributed by atoms with Crippen LogP contribution in [0.1, 0.15) is 19.9 Å².